The van der Waals surface area contributed by atoms with Crippen molar-refractivity contribution in [3.05, 3.63) is 22.4 Å². The number of hydrogen-bond donors (Lipinski definition) is 1. The van der Waals surface area contributed by atoms with Gasteiger partial charge in [-0.2, -0.15) is 0 Å². The van der Waals surface area contributed by atoms with Gasteiger partial charge in [0.2, 0.25) is 0 Å². The Bertz CT molecular complexity index is 190. The maximum Gasteiger partial charge on any atom is 1.00 e. The number of rotatable bonds is 1. The molecule has 0 aliphatic rings. The third-order valence-corrected chi connectivity index (χ3v) is 0.683. The average molecular weight is 137 g/mol. The van der Waals surface area contributed by atoms with Crippen LogP contribution in [0.15, 0.2) is 12.3 Å². The normalized spacial score (nSPS) is 8.00. The largest absolute Gasteiger partial charge is 1.00 e. The Labute approximate surface area is 74.4 Å². The van der Waals surface area contributed by atoms with E-state index >= 15 is 0 Å². The molecule has 6 heteroatoms. The van der Waals surface area contributed by atoms with Gasteiger partial charge >= 0.3 is 35.4 Å². The zero-order valence-corrected chi connectivity index (χ0v) is 6.87. The van der Waals surface area contributed by atoms with Crippen LogP contribution in [0.1, 0.15) is 1.43 Å². The maximum atomic E-state index is 9.80. The molecule has 0 atom stereocenters. The Hall–Kier alpha value is -0.390. The molecule has 1 aromatic heterocycles. The van der Waals surface area contributed by atoms with Crippen molar-refractivity contribution in [3.63, 3.8) is 0 Å². The molecule has 1 N–H and O–H groups in total. The van der Waals surface area contributed by atoms with E-state index in [2.05, 4.69) is 10.2 Å². The van der Waals surface area contributed by atoms with Gasteiger partial charge < -0.3 is 11.5 Å². The van der Waals surface area contributed by atoms with Gasteiger partial charge in [-0.15, -0.1) is 5.10 Å². The molecule has 0 unspecified atom stereocenters. The van der Waals surface area contributed by atoms with Gasteiger partial charge in [-0.05, 0) is 4.92 Å². The molecule has 0 amide bonds. The molecule has 9 heavy (non-hydrogen) atoms. The van der Waals surface area contributed by atoms with Crippen LogP contribution >= 0.6 is 0 Å². The van der Waals surface area contributed by atoms with Crippen molar-refractivity contribution in [2.75, 3.05) is 0 Å². The minimum absolute atomic E-state index is 0. The van der Waals surface area contributed by atoms with Crippen molar-refractivity contribution in [3.8, 4) is 0 Å². The standard InChI is InChI=1S/C3H3N3O2.Na.H/c7-6(8)3-1-2-4-5-3;;/h1-2H,(H,4,5);;/q;+1;-1. The number of nitro groups is 1. The van der Waals surface area contributed by atoms with Crippen LogP contribution in [0.5, 0.6) is 0 Å². The Kier molecular flexibility index (Phi) is 3.44. The van der Waals surface area contributed by atoms with Gasteiger partial charge in [0.05, 0.1) is 12.3 Å². The number of aromatic nitrogens is 2. The molecule has 0 bridgehead atoms. The second-order valence-electron chi connectivity index (χ2n) is 1.20. The predicted molar refractivity (Wildman–Crippen MR) is 26.4 cm³/mol. The summed E-state index contributed by atoms with van der Waals surface area (Å²) in [5.41, 5.74) is 0. The molecule has 0 aliphatic heterocycles. The molecule has 0 radical (unpaired) electrons. The van der Waals surface area contributed by atoms with E-state index < -0.39 is 4.92 Å². The first kappa shape index (κ1) is 8.61. The van der Waals surface area contributed by atoms with Gasteiger partial charge in [0.1, 0.15) is 0 Å². The molecule has 0 saturated heterocycles. The number of nitrogens with zero attached hydrogens (tertiary/aromatic N) is 2. The van der Waals surface area contributed by atoms with Crippen LogP contribution in [-0.4, -0.2) is 15.1 Å². The summed E-state index contributed by atoms with van der Waals surface area (Å²) < 4.78 is 0. The Morgan fingerprint density at radius 1 is 1.89 bits per heavy atom. The van der Waals surface area contributed by atoms with E-state index in [1.165, 1.54) is 12.3 Å². The first-order valence-electron chi connectivity index (χ1n) is 1.94. The van der Waals surface area contributed by atoms with Crippen molar-refractivity contribution < 1.29 is 35.9 Å². The van der Waals surface area contributed by atoms with E-state index in [1.807, 2.05) is 0 Å². The Balaban J connectivity index is 0. The number of H-pyrrole nitrogens is 1. The summed E-state index contributed by atoms with van der Waals surface area (Å²) in [6.07, 6.45) is 1.33. The SMILES string of the molecule is O=[N+]([O-])c1ccn[nH]1.[H-].[Na+]. The third kappa shape index (κ3) is 2.13. The van der Waals surface area contributed by atoms with Gasteiger partial charge in [0.25, 0.3) is 0 Å². The first-order chi connectivity index (χ1) is 3.80. The average Bonchev–Trinajstić information content (AvgIpc) is 2.12. The molecule has 0 aromatic carbocycles. The van der Waals surface area contributed by atoms with E-state index in [-0.39, 0.29) is 36.8 Å². The zero-order chi connectivity index (χ0) is 5.98. The number of nitrogens with one attached hydrogen (secondary N) is 1. The summed E-state index contributed by atoms with van der Waals surface area (Å²) in [5.74, 6) is -0.0787. The van der Waals surface area contributed by atoms with Crippen LogP contribution in [0.25, 0.3) is 0 Å². The molecular formula is C3H4N3NaO2. The van der Waals surface area contributed by atoms with E-state index in [9.17, 15) is 10.1 Å². The zero-order valence-electron chi connectivity index (χ0n) is 5.87. The summed E-state index contributed by atoms with van der Waals surface area (Å²) >= 11 is 0. The van der Waals surface area contributed by atoms with Crippen LogP contribution in [0, 0.1) is 10.1 Å². The Morgan fingerprint density at radius 2 is 2.56 bits per heavy atom. The number of hydrogen-bond acceptors (Lipinski definition) is 3. The topological polar surface area (TPSA) is 71.8 Å². The van der Waals surface area contributed by atoms with Crippen molar-refractivity contribution in [2.45, 2.75) is 0 Å². The van der Waals surface area contributed by atoms with Crippen LogP contribution in [0.2, 0.25) is 0 Å². The minimum Gasteiger partial charge on any atom is -1.00 e. The van der Waals surface area contributed by atoms with Gasteiger partial charge in [0.15, 0.2) is 0 Å². The number of aromatic amines is 1. The molecule has 0 spiro atoms. The second-order valence-corrected chi connectivity index (χ2v) is 1.20. The molecule has 5 nitrogen and oxygen atoms in total. The van der Waals surface area contributed by atoms with E-state index in [1.54, 1.807) is 0 Å². The molecule has 44 valence electrons. The summed E-state index contributed by atoms with van der Waals surface area (Å²) in [5, 5.41) is 15.4. The molecule has 1 aromatic rings. The fraction of sp³-hybridized carbons (Fsp3) is 0. The van der Waals surface area contributed by atoms with Crippen molar-refractivity contribution in [1.82, 2.24) is 10.2 Å². The van der Waals surface area contributed by atoms with Crippen LogP contribution in [-0.2, 0) is 0 Å². The predicted octanol–water partition coefficient (Wildman–Crippen LogP) is -2.57. The summed E-state index contributed by atoms with van der Waals surface area (Å²) in [6.45, 7) is 0. The van der Waals surface area contributed by atoms with E-state index in [0.29, 0.717) is 0 Å². The maximum absolute atomic E-state index is 9.80. The molecule has 0 fully saturated rings. The van der Waals surface area contributed by atoms with E-state index in [0.717, 1.165) is 0 Å². The van der Waals surface area contributed by atoms with Gasteiger partial charge in [-0.3, -0.25) is 0 Å². The molecular weight excluding hydrogens is 133 g/mol. The Morgan fingerprint density at radius 3 is 2.78 bits per heavy atom. The first-order valence-corrected chi connectivity index (χ1v) is 1.94. The van der Waals surface area contributed by atoms with E-state index in [4.69, 9.17) is 0 Å². The quantitative estimate of drug-likeness (QED) is 0.263. The molecule has 0 aliphatic carbocycles. The molecule has 0 saturated carbocycles. The smallest absolute Gasteiger partial charge is 1.00 e. The fourth-order valence-electron chi connectivity index (χ4n) is 0.350. The van der Waals surface area contributed by atoms with Crippen LogP contribution in [0.4, 0.5) is 5.82 Å². The summed E-state index contributed by atoms with van der Waals surface area (Å²) in [4.78, 5) is 9.26. The molecule has 1 rings (SSSR count). The second kappa shape index (κ2) is 3.60. The molecule has 1 heterocycles. The van der Waals surface area contributed by atoms with Crippen molar-refractivity contribution in [2.24, 2.45) is 0 Å². The van der Waals surface area contributed by atoms with Crippen LogP contribution < -0.4 is 29.6 Å². The third-order valence-electron chi connectivity index (χ3n) is 0.683. The van der Waals surface area contributed by atoms with Gasteiger partial charge in [-0.1, -0.05) is 5.10 Å². The van der Waals surface area contributed by atoms with Crippen molar-refractivity contribution in [1.29, 1.82) is 0 Å². The minimum atomic E-state index is -0.535. The fourth-order valence-corrected chi connectivity index (χ4v) is 0.350. The van der Waals surface area contributed by atoms with Crippen LogP contribution in [0.3, 0.4) is 0 Å². The van der Waals surface area contributed by atoms with Crippen molar-refractivity contribution >= 4 is 5.82 Å². The summed E-state index contributed by atoms with van der Waals surface area (Å²) in [6, 6.07) is 1.29. The van der Waals surface area contributed by atoms with Gasteiger partial charge in [-0.25, -0.2) is 0 Å². The summed E-state index contributed by atoms with van der Waals surface area (Å²) in [7, 11) is 0. The van der Waals surface area contributed by atoms with Gasteiger partial charge in [0, 0.05) is 0 Å². The monoisotopic (exact) mass is 137 g/mol.